The Balaban J connectivity index is 2.22. The lowest BCUT2D eigenvalue weighted by atomic mass is 9.99. The fourth-order valence-electron chi connectivity index (χ4n) is 8.85. The van der Waals surface area contributed by atoms with Crippen LogP contribution in [-0.4, -0.2) is 87.5 Å². The molecule has 0 aromatic heterocycles. The Bertz CT molecular complexity index is 1250. The van der Waals surface area contributed by atoms with Crippen LogP contribution < -0.4 is 5.32 Å². The number of aliphatic hydroxyl groups excluding tert-OH is 5. The second-order valence-electron chi connectivity index (χ2n) is 19.7. The summed E-state index contributed by atoms with van der Waals surface area (Å²) < 4.78 is 11.3. The quantitative estimate of drug-likeness (QED) is 0.0261. The van der Waals surface area contributed by atoms with Crippen molar-refractivity contribution in [1.29, 1.82) is 0 Å². The average Bonchev–Trinajstić information content (AvgIpc) is 3.34. The Morgan fingerprint density at radius 3 is 1.35 bits per heavy atom. The zero-order valence-corrected chi connectivity index (χ0v) is 43.9. The summed E-state index contributed by atoms with van der Waals surface area (Å²) in [6.07, 6.45) is 58.6. The zero-order chi connectivity index (χ0) is 49.4. The van der Waals surface area contributed by atoms with Crippen molar-refractivity contribution in [3.8, 4) is 0 Å². The van der Waals surface area contributed by atoms with E-state index in [0.29, 0.717) is 6.42 Å². The minimum absolute atomic E-state index is 0.200. The molecule has 1 amide bonds. The van der Waals surface area contributed by atoms with Crippen LogP contribution in [0.4, 0.5) is 0 Å². The van der Waals surface area contributed by atoms with Gasteiger partial charge in [0.2, 0.25) is 5.91 Å². The van der Waals surface area contributed by atoms with E-state index in [0.717, 1.165) is 77.0 Å². The third-order valence-electron chi connectivity index (χ3n) is 13.3. The molecule has 0 spiro atoms. The Labute approximate surface area is 417 Å². The van der Waals surface area contributed by atoms with E-state index in [1.165, 1.54) is 154 Å². The van der Waals surface area contributed by atoms with Crippen molar-refractivity contribution < 1.29 is 39.8 Å². The molecule has 0 bridgehead atoms. The number of nitrogens with one attached hydrogen (secondary N) is 1. The topological polar surface area (TPSA) is 149 Å². The zero-order valence-electron chi connectivity index (χ0n) is 43.9. The van der Waals surface area contributed by atoms with Crippen LogP contribution in [0.3, 0.4) is 0 Å². The molecule has 0 radical (unpaired) electrons. The van der Waals surface area contributed by atoms with Crippen LogP contribution in [0, 0.1) is 0 Å². The van der Waals surface area contributed by atoms with Gasteiger partial charge in [-0.15, -0.1) is 0 Å². The van der Waals surface area contributed by atoms with E-state index in [9.17, 15) is 30.3 Å². The van der Waals surface area contributed by atoms with Crippen molar-refractivity contribution in [3.63, 3.8) is 0 Å². The average molecular weight is 959 g/mol. The molecule has 396 valence electrons. The standard InChI is InChI=1S/C59H107NO8/c1-3-5-7-9-11-13-15-17-19-21-22-23-24-25-26-27-28-29-30-31-33-34-36-38-40-42-44-46-48-53(62)52(51-67-59-58(66)57(65)56(64)54(50-61)68-59)60-55(63)49-47-45-43-41-39-37-35-32-20-18-16-14-12-10-8-6-4-2/h6,8,12,14,18,20,35,37,46,48,52-54,56-59,61-62,64-66H,3-5,7,9-11,13,15-17,19,21-34,36,38-45,47,49-51H2,1-2H3,(H,60,63)/b8-6-,14-12-,20-18-,37-35-,48-46+. The molecular weight excluding hydrogens is 851 g/mol. The molecule has 68 heavy (non-hydrogen) atoms. The van der Waals surface area contributed by atoms with Gasteiger partial charge < -0.3 is 40.3 Å². The number of aliphatic hydroxyl groups is 5. The first-order valence-corrected chi connectivity index (χ1v) is 28.5. The molecule has 1 saturated heterocycles. The maximum absolute atomic E-state index is 13.0. The van der Waals surface area contributed by atoms with Gasteiger partial charge in [-0.1, -0.05) is 248 Å². The Morgan fingerprint density at radius 2 is 0.912 bits per heavy atom. The predicted molar refractivity (Wildman–Crippen MR) is 286 cm³/mol. The maximum atomic E-state index is 13.0. The molecular formula is C59H107NO8. The number of ether oxygens (including phenoxy) is 2. The van der Waals surface area contributed by atoms with E-state index in [4.69, 9.17) is 9.47 Å². The smallest absolute Gasteiger partial charge is 0.220 e. The Kier molecular flexibility index (Phi) is 45.6. The lowest BCUT2D eigenvalue weighted by molar-refractivity contribution is -0.302. The number of carbonyl (C=O) groups excluding carboxylic acids is 1. The van der Waals surface area contributed by atoms with Gasteiger partial charge >= 0.3 is 0 Å². The SMILES string of the molecule is CC/C=C\C/C=C\C/C=C\C/C=C\CCCCCCC(=O)NC(COC1OC(CO)C(O)C(O)C1O)C(O)/C=C/CCCCCCCCCCCCCCCCCCCCCCCCCCCC. The monoisotopic (exact) mass is 958 g/mol. The van der Waals surface area contributed by atoms with Gasteiger partial charge in [0.1, 0.15) is 24.4 Å². The first kappa shape index (κ1) is 63.9. The van der Waals surface area contributed by atoms with Crippen LogP contribution >= 0.6 is 0 Å². The van der Waals surface area contributed by atoms with E-state index >= 15 is 0 Å². The molecule has 9 nitrogen and oxygen atoms in total. The lowest BCUT2D eigenvalue weighted by Crippen LogP contribution is -2.60. The number of allylic oxidation sites excluding steroid dienone is 9. The van der Waals surface area contributed by atoms with Crippen molar-refractivity contribution in [2.45, 2.75) is 294 Å². The molecule has 1 fully saturated rings. The highest BCUT2D eigenvalue weighted by molar-refractivity contribution is 5.76. The fraction of sp³-hybridized carbons (Fsp3) is 0.814. The van der Waals surface area contributed by atoms with E-state index in [2.05, 4.69) is 67.8 Å². The van der Waals surface area contributed by atoms with E-state index in [1.807, 2.05) is 6.08 Å². The second kappa shape index (κ2) is 48.5. The van der Waals surface area contributed by atoms with Gasteiger partial charge in [-0.3, -0.25) is 4.79 Å². The molecule has 1 rings (SSSR count). The number of unbranched alkanes of at least 4 members (excludes halogenated alkanes) is 30. The normalized spacial score (nSPS) is 20.0. The third kappa shape index (κ3) is 37.7. The van der Waals surface area contributed by atoms with Crippen molar-refractivity contribution in [2.75, 3.05) is 13.2 Å². The highest BCUT2D eigenvalue weighted by atomic mass is 16.7. The molecule has 1 heterocycles. The minimum Gasteiger partial charge on any atom is -0.394 e. The largest absolute Gasteiger partial charge is 0.394 e. The number of hydrogen-bond acceptors (Lipinski definition) is 8. The molecule has 0 aliphatic carbocycles. The molecule has 9 heteroatoms. The molecule has 0 saturated carbocycles. The number of rotatable bonds is 48. The molecule has 0 aromatic carbocycles. The van der Waals surface area contributed by atoms with Crippen molar-refractivity contribution in [2.24, 2.45) is 0 Å². The molecule has 1 aliphatic rings. The summed E-state index contributed by atoms with van der Waals surface area (Å²) in [5, 5.41) is 54.5. The van der Waals surface area contributed by atoms with Crippen LogP contribution in [0.2, 0.25) is 0 Å². The van der Waals surface area contributed by atoms with Gasteiger partial charge in [0, 0.05) is 6.42 Å². The number of carbonyl (C=O) groups is 1. The van der Waals surface area contributed by atoms with Crippen molar-refractivity contribution >= 4 is 5.91 Å². The maximum Gasteiger partial charge on any atom is 0.220 e. The van der Waals surface area contributed by atoms with Gasteiger partial charge in [-0.25, -0.2) is 0 Å². The van der Waals surface area contributed by atoms with E-state index < -0.39 is 49.5 Å². The molecule has 1 aliphatic heterocycles. The Hall–Kier alpha value is -2.11. The van der Waals surface area contributed by atoms with Gasteiger partial charge in [-0.05, 0) is 57.8 Å². The van der Waals surface area contributed by atoms with Crippen LogP contribution in [0.5, 0.6) is 0 Å². The summed E-state index contributed by atoms with van der Waals surface area (Å²) in [6, 6.07) is -0.821. The molecule has 7 unspecified atom stereocenters. The van der Waals surface area contributed by atoms with Crippen LogP contribution in [0.25, 0.3) is 0 Å². The Morgan fingerprint density at radius 1 is 0.515 bits per heavy atom. The van der Waals surface area contributed by atoms with Crippen molar-refractivity contribution in [1.82, 2.24) is 5.32 Å². The highest BCUT2D eigenvalue weighted by Crippen LogP contribution is 2.23. The first-order valence-electron chi connectivity index (χ1n) is 28.5. The van der Waals surface area contributed by atoms with Gasteiger partial charge in [-0.2, -0.15) is 0 Å². The summed E-state index contributed by atoms with van der Waals surface area (Å²) in [5.74, 6) is -0.200. The van der Waals surface area contributed by atoms with Crippen LogP contribution in [0.15, 0.2) is 60.8 Å². The number of amides is 1. The van der Waals surface area contributed by atoms with Crippen LogP contribution in [-0.2, 0) is 14.3 Å². The lowest BCUT2D eigenvalue weighted by Gasteiger charge is -2.40. The summed E-state index contributed by atoms with van der Waals surface area (Å²) in [7, 11) is 0. The summed E-state index contributed by atoms with van der Waals surface area (Å²) >= 11 is 0. The van der Waals surface area contributed by atoms with E-state index in [1.54, 1.807) is 6.08 Å². The highest BCUT2D eigenvalue weighted by Gasteiger charge is 2.44. The van der Waals surface area contributed by atoms with Gasteiger partial charge in [0.05, 0.1) is 25.4 Å². The van der Waals surface area contributed by atoms with Crippen molar-refractivity contribution in [3.05, 3.63) is 60.8 Å². The summed E-state index contributed by atoms with van der Waals surface area (Å²) in [5.41, 5.74) is 0. The van der Waals surface area contributed by atoms with E-state index in [-0.39, 0.29) is 12.5 Å². The fourth-order valence-corrected chi connectivity index (χ4v) is 8.85. The molecule has 0 aromatic rings. The third-order valence-corrected chi connectivity index (χ3v) is 13.3. The molecule has 7 atom stereocenters. The van der Waals surface area contributed by atoms with Crippen LogP contribution in [0.1, 0.15) is 251 Å². The first-order chi connectivity index (χ1) is 33.3. The number of hydrogen-bond donors (Lipinski definition) is 6. The second-order valence-corrected chi connectivity index (χ2v) is 19.7. The van der Waals surface area contributed by atoms with Gasteiger partial charge in [0.15, 0.2) is 6.29 Å². The molecule has 6 N–H and O–H groups in total. The summed E-state index contributed by atoms with van der Waals surface area (Å²) in [6.45, 7) is 3.66. The predicted octanol–water partition coefficient (Wildman–Crippen LogP) is 13.9. The minimum atomic E-state index is -1.57. The van der Waals surface area contributed by atoms with Gasteiger partial charge in [0.25, 0.3) is 0 Å². The summed E-state index contributed by atoms with van der Waals surface area (Å²) in [4.78, 5) is 13.0.